The standard InChI is InChI=1S/C20H23N5/c1-4-10-25(3)12-14-6-5-7-17-16(14)11-18(24-17)15-8-9-21-20-19(15)22-13(2)23-20/h5-9,11,24H,4,10,12H2,1-3H3,(H,21,22,23). The summed E-state index contributed by atoms with van der Waals surface area (Å²) in [6.07, 6.45) is 3.00. The van der Waals surface area contributed by atoms with Crippen LogP contribution in [-0.4, -0.2) is 38.4 Å². The van der Waals surface area contributed by atoms with Crippen molar-refractivity contribution in [1.82, 2.24) is 24.8 Å². The fourth-order valence-corrected chi connectivity index (χ4v) is 3.50. The van der Waals surface area contributed by atoms with Gasteiger partial charge in [0.2, 0.25) is 0 Å². The molecule has 0 saturated carbocycles. The molecule has 0 amide bonds. The van der Waals surface area contributed by atoms with Gasteiger partial charge in [-0.05, 0) is 50.7 Å². The molecule has 1 aromatic carbocycles. The number of nitrogens with zero attached hydrogens (tertiary/aromatic N) is 3. The van der Waals surface area contributed by atoms with Crippen LogP contribution in [0, 0.1) is 6.92 Å². The van der Waals surface area contributed by atoms with Crippen LogP contribution in [0.4, 0.5) is 0 Å². The normalized spacial score (nSPS) is 11.8. The van der Waals surface area contributed by atoms with Crippen molar-refractivity contribution in [1.29, 1.82) is 0 Å². The van der Waals surface area contributed by atoms with E-state index >= 15 is 0 Å². The van der Waals surface area contributed by atoms with Crippen LogP contribution in [0.2, 0.25) is 0 Å². The van der Waals surface area contributed by atoms with Crippen molar-refractivity contribution >= 4 is 22.1 Å². The van der Waals surface area contributed by atoms with Crippen molar-refractivity contribution in [3.8, 4) is 11.3 Å². The van der Waals surface area contributed by atoms with Crippen molar-refractivity contribution in [3.63, 3.8) is 0 Å². The fraction of sp³-hybridized carbons (Fsp3) is 0.300. The molecular weight excluding hydrogens is 310 g/mol. The number of nitrogens with one attached hydrogen (secondary N) is 2. The lowest BCUT2D eigenvalue weighted by Gasteiger charge is -2.15. The maximum Gasteiger partial charge on any atom is 0.158 e. The number of hydrogen-bond donors (Lipinski definition) is 2. The summed E-state index contributed by atoms with van der Waals surface area (Å²) >= 11 is 0. The van der Waals surface area contributed by atoms with Gasteiger partial charge in [0.25, 0.3) is 0 Å². The highest BCUT2D eigenvalue weighted by Gasteiger charge is 2.13. The van der Waals surface area contributed by atoms with Crippen LogP contribution in [0.25, 0.3) is 33.3 Å². The number of imidazole rings is 1. The number of aromatic amines is 2. The summed E-state index contributed by atoms with van der Waals surface area (Å²) in [5.41, 5.74) is 6.42. The first kappa shape index (κ1) is 15.8. The van der Waals surface area contributed by atoms with Gasteiger partial charge < -0.3 is 14.9 Å². The van der Waals surface area contributed by atoms with E-state index in [-0.39, 0.29) is 0 Å². The van der Waals surface area contributed by atoms with Gasteiger partial charge in [-0.1, -0.05) is 19.1 Å². The van der Waals surface area contributed by atoms with Crippen LogP contribution in [-0.2, 0) is 6.54 Å². The van der Waals surface area contributed by atoms with Crippen LogP contribution in [0.15, 0.2) is 36.5 Å². The molecule has 4 aromatic rings. The Hall–Kier alpha value is -2.66. The van der Waals surface area contributed by atoms with Gasteiger partial charge in [-0.2, -0.15) is 0 Å². The third-order valence-corrected chi connectivity index (χ3v) is 4.59. The highest BCUT2D eigenvalue weighted by atomic mass is 15.1. The molecule has 0 bridgehead atoms. The number of fused-ring (bicyclic) bond motifs is 2. The van der Waals surface area contributed by atoms with Crippen LogP contribution < -0.4 is 0 Å². The lowest BCUT2D eigenvalue weighted by atomic mass is 10.1. The minimum absolute atomic E-state index is 0.830. The molecule has 3 heterocycles. The molecule has 0 spiro atoms. The minimum atomic E-state index is 0.830. The summed E-state index contributed by atoms with van der Waals surface area (Å²) in [5.74, 6) is 0.882. The van der Waals surface area contributed by atoms with E-state index in [2.05, 4.69) is 63.1 Å². The summed E-state index contributed by atoms with van der Waals surface area (Å²) in [7, 11) is 2.18. The Kier molecular flexibility index (Phi) is 4.01. The summed E-state index contributed by atoms with van der Waals surface area (Å²) < 4.78 is 0. The molecule has 25 heavy (non-hydrogen) atoms. The molecule has 4 rings (SSSR count). The van der Waals surface area contributed by atoms with Crippen molar-refractivity contribution in [3.05, 3.63) is 47.9 Å². The first-order valence-corrected chi connectivity index (χ1v) is 8.76. The molecule has 128 valence electrons. The van der Waals surface area contributed by atoms with Crippen molar-refractivity contribution in [2.75, 3.05) is 13.6 Å². The van der Waals surface area contributed by atoms with Gasteiger partial charge in [-0.15, -0.1) is 0 Å². The second-order valence-corrected chi connectivity index (χ2v) is 6.68. The van der Waals surface area contributed by atoms with E-state index in [4.69, 9.17) is 0 Å². The number of rotatable bonds is 5. The quantitative estimate of drug-likeness (QED) is 0.574. The zero-order valence-electron chi connectivity index (χ0n) is 14.9. The molecular formula is C20H23N5. The Morgan fingerprint density at radius 3 is 2.88 bits per heavy atom. The summed E-state index contributed by atoms with van der Waals surface area (Å²) in [4.78, 5) is 18.1. The number of benzene rings is 1. The van der Waals surface area contributed by atoms with Gasteiger partial charge in [0, 0.05) is 34.9 Å². The number of hydrogen-bond acceptors (Lipinski definition) is 3. The SMILES string of the molecule is CCCN(C)Cc1cccc2[nH]c(-c3ccnc4[nH]c(C)nc34)cc12. The molecule has 0 radical (unpaired) electrons. The van der Waals surface area contributed by atoms with Gasteiger partial charge in [-0.25, -0.2) is 9.97 Å². The lowest BCUT2D eigenvalue weighted by molar-refractivity contribution is 0.329. The molecule has 5 heteroatoms. The predicted molar refractivity (Wildman–Crippen MR) is 103 cm³/mol. The average Bonchev–Trinajstić information content (AvgIpc) is 3.17. The molecule has 0 aliphatic carbocycles. The molecule has 2 N–H and O–H groups in total. The van der Waals surface area contributed by atoms with E-state index in [0.29, 0.717) is 0 Å². The molecule has 0 fully saturated rings. The van der Waals surface area contributed by atoms with E-state index in [1.54, 1.807) is 0 Å². The van der Waals surface area contributed by atoms with Crippen LogP contribution in [0.5, 0.6) is 0 Å². The topological polar surface area (TPSA) is 60.6 Å². The van der Waals surface area contributed by atoms with E-state index in [1.807, 2.05) is 19.2 Å². The number of aryl methyl sites for hydroxylation is 1. The van der Waals surface area contributed by atoms with Crippen LogP contribution >= 0.6 is 0 Å². The van der Waals surface area contributed by atoms with Crippen molar-refractivity contribution < 1.29 is 0 Å². The van der Waals surface area contributed by atoms with Crippen molar-refractivity contribution in [2.24, 2.45) is 0 Å². The average molecular weight is 333 g/mol. The Morgan fingerprint density at radius 2 is 2.04 bits per heavy atom. The van der Waals surface area contributed by atoms with Gasteiger partial charge in [-0.3, -0.25) is 0 Å². The molecule has 0 atom stereocenters. The molecule has 3 aromatic heterocycles. The second-order valence-electron chi connectivity index (χ2n) is 6.68. The summed E-state index contributed by atoms with van der Waals surface area (Å²) in [6.45, 7) is 6.23. The van der Waals surface area contributed by atoms with E-state index in [0.717, 1.165) is 46.9 Å². The highest BCUT2D eigenvalue weighted by Crippen LogP contribution is 2.30. The zero-order valence-corrected chi connectivity index (χ0v) is 14.9. The fourth-order valence-electron chi connectivity index (χ4n) is 3.50. The Bertz CT molecular complexity index is 1030. The minimum Gasteiger partial charge on any atom is -0.354 e. The van der Waals surface area contributed by atoms with Crippen LogP contribution in [0.3, 0.4) is 0 Å². The third-order valence-electron chi connectivity index (χ3n) is 4.59. The highest BCUT2D eigenvalue weighted by molar-refractivity contribution is 5.94. The van der Waals surface area contributed by atoms with Crippen molar-refractivity contribution in [2.45, 2.75) is 26.8 Å². The molecule has 5 nitrogen and oxygen atoms in total. The molecule has 0 unspecified atom stereocenters. The Balaban J connectivity index is 1.81. The van der Waals surface area contributed by atoms with Gasteiger partial charge >= 0.3 is 0 Å². The van der Waals surface area contributed by atoms with Gasteiger partial charge in [0.05, 0.1) is 0 Å². The maximum atomic E-state index is 4.61. The van der Waals surface area contributed by atoms with Gasteiger partial charge in [0.1, 0.15) is 11.3 Å². The maximum absolute atomic E-state index is 4.61. The monoisotopic (exact) mass is 333 g/mol. The van der Waals surface area contributed by atoms with E-state index < -0.39 is 0 Å². The first-order chi connectivity index (χ1) is 12.2. The van der Waals surface area contributed by atoms with Gasteiger partial charge in [0.15, 0.2) is 5.65 Å². The largest absolute Gasteiger partial charge is 0.354 e. The molecule has 0 aliphatic heterocycles. The van der Waals surface area contributed by atoms with Crippen LogP contribution in [0.1, 0.15) is 24.7 Å². The number of H-pyrrole nitrogens is 2. The number of aromatic nitrogens is 4. The number of pyridine rings is 1. The smallest absolute Gasteiger partial charge is 0.158 e. The van der Waals surface area contributed by atoms with E-state index in [9.17, 15) is 0 Å². The van der Waals surface area contributed by atoms with E-state index in [1.165, 1.54) is 17.4 Å². The predicted octanol–water partition coefficient (Wildman–Crippen LogP) is 4.26. The Morgan fingerprint density at radius 1 is 1.16 bits per heavy atom. The Labute approximate surface area is 147 Å². The molecule has 0 saturated heterocycles. The third kappa shape index (κ3) is 2.91. The second kappa shape index (κ2) is 6.33. The zero-order chi connectivity index (χ0) is 17.4. The molecule has 0 aliphatic rings. The summed E-state index contributed by atoms with van der Waals surface area (Å²) in [6, 6.07) is 10.7. The lowest BCUT2D eigenvalue weighted by Crippen LogP contribution is -2.18. The first-order valence-electron chi connectivity index (χ1n) is 8.76. The summed E-state index contributed by atoms with van der Waals surface area (Å²) in [5, 5.41) is 1.28.